The number of nitrogens with zero attached hydrogens (tertiary/aromatic N) is 4. The van der Waals surface area contributed by atoms with Crippen LogP contribution in [0, 0.1) is 6.92 Å². The molecule has 0 bridgehead atoms. The van der Waals surface area contributed by atoms with Crippen LogP contribution in [0.1, 0.15) is 22.8 Å². The minimum Gasteiger partial charge on any atom is -0.335 e. The van der Waals surface area contributed by atoms with E-state index in [0.717, 1.165) is 17.7 Å². The van der Waals surface area contributed by atoms with Crippen LogP contribution in [0.4, 0.5) is 5.69 Å². The minimum atomic E-state index is -0.266. The molecule has 0 aliphatic rings. The first-order chi connectivity index (χ1) is 15.6. The molecule has 5 aromatic rings. The van der Waals surface area contributed by atoms with Gasteiger partial charge in [-0.2, -0.15) is 5.10 Å². The van der Waals surface area contributed by atoms with Crippen LogP contribution in [0.2, 0.25) is 0 Å². The number of anilines is 1. The van der Waals surface area contributed by atoms with Crippen molar-refractivity contribution in [3.05, 3.63) is 84.1 Å². The Morgan fingerprint density at radius 3 is 2.53 bits per heavy atom. The number of pyridine rings is 1. The number of rotatable bonds is 5. The highest BCUT2D eigenvalue weighted by Gasteiger charge is 2.22. The number of fused-ring (bicyclic) bond motifs is 1. The third kappa shape index (κ3) is 3.65. The van der Waals surface area contributed by atoms with Crippen LogP contribution in [0.25, 0.3) is 33.7 Å². The molecule has 0 saturated carbocycles. The Hall–Kier alpha value is -4.26. The second-order valence-corrected chi connectivity index (χ2v) is 7.51. The predicted octanol–water partition coefficient (Wildman–Crippen LogP) is 5.33. The van der Waals surface area contributed by atoms with Gasteiger partial charge >= 0.3 is 0 Å². The fraction of sp³-hybridized carbons (Fsp3) is 0.120. The maximum Gasteiger partial charge on any atom is 0.259 e. The van der Waals surface area contributed by atoms with E-state index in [2.05, 4.69) is 20.6 Å². The summed E-state index contributed by atoms with van der Waals surface area (Å²) >= 11 is 0. The molecular formula is C25H21N5O2. The lowest BCUT2D eigenvalue weighted by Gasteiger charge is -2.08. The molecule has 0 atom stereocenters. The summed E-state index contributed by atoms with van der Waals surface area (Å²) in [5.74, 6) is -0.266. The quantitative estimate of drug-likeness (QED) is 0.413. The minimum absolute atomic E-state index is 0.266. The molecule has 0 saturated heterocycles. The van der Waals surface area contributed by atoms with Gasteiger partial charge in [-0.25, -0.2) is 4.98 Å². The van der Waals surface area contributed by atoms with E-state index in [0.29, 0.717) is 39.4 Å². The zero-order valence-corrected chi connectivity index (χ0v) is 17.7. The van der Waals surface area contributed by atoms with Gasteiger partial charge in [0.2, 0.25) is 0 Å². The zero-order valence-electron chi connectivity index (χ0n) is 17.7. The van der Waals surface area contributed by atoms with E-state index < -0.39 is 0 Å². The maximum atomic E-state index is 13.4. The molecule has 3 heterocycles. The van der Waals surface area contributed by atoms with E-state index in [9.17, 15) is 4.79 Å². The Balaban J connectivity index is 1.66. The second kappa shape index (κ2) is 8.11. The summed E-state index contributed by atoms with van der Waals surface area (Å²) in [7, 11) is 0. The van der Waals surface area contributed by atoms with Gasteiger partial charge < -0.3 is 9.84 Å². The van der Waals surface area contributed by atoms with Crippen LogP contribution in [-0.2, 0) is 6.54 Å². The molecule has 0 radical (unpaired) electrons. The van der Waals surface area contributed by atoms with Crippen molar-refractivity contribution in [2.75, 3.05) is 5.32 Å². The molecule has 7 nitrogen and oxygen atoms in total. The fourth-order valence-corrected chi connectivity index (χ4v) is 3.56. The Bertz CT molecular complexity index is 1400. The fourth-order valence-electron chi connectivity index (χ4n) is 3.56. The summed E-state index contributed by atoms with van der Waals surface area (Å²) in [5.41, 5.74) is 5.19. The van der Waals surface area contributed by atoms with Crippen molar-refractivity contribution < 1.29 is 9.32 Å². The third-order valence-electron chi connectivity index (χ3n) is 5.27. The number of amides is 1. The van der Waals surface area contributed by atoms with E-state index in [-0.39, 0.29) is 5.91 Å². The van der Waals surface area contributed by atoms with Gasteiger partial charge in [0.1, 0.15) is 11.4 Å². The average molecular weight is 423 g/mol. The monoisotopic (exact) mass is 423 g/mol. The van der Waals surface area contributed by atoms with E-state index in [1.54, 1.807) is 6.07 Å². The molecule has 1 amide bonds. The molecule has 1 N–H and O–H groups in total. The van der Waals surface area contributed by atoms with Crippen molar-refractivity contribution in [1.82, 2.24) is 19.9 Å². The van der Waals surface area contributed by atoms with E-state index in [1.165, 1.54) is 0 Å². The van der Waals surface area contributed by atoms with Crippen LogP contribution in [0.5, 0.6) is 0 Å². The highest BCUT2D eigenvalue weighted by atomic mass is 16.5. The molecule has 0 aliphatic carbocycles. The van der Waals surface area contributed by atoms with Gasteiger partial charge in [-0.3, -0.25) is 9.48 Å². The first kappa shape index (κ1) is 19.7. The van der Waals surface area contributed by atoms with Crippen molar-refractivity contribution in [3.63, 3.8) is 0 Å². The summed E-state index contributed by atoms with van der Waals surface area (Å²) < 4.78 is 7.39. The molecule has 0 fully saturated rings. The van der Waals surface area contributed by atoms with Gasteiger partial charge in [-0.05, 0) is 38.1 Å². The van der Waals surface area contributed by atoms with E-state index >= 15 is 0 Å². The normalized spacial score (nSPS) is 11.1. The molecule has 32 heavy (non-hydrogen) atoms. The molecule has 0 spiro atoms. The topological polar surface area (TPSA) is 85.8 Å². The lowest BCUT2D eigenvalue weighted by molar-refractivity contribution is 0.102. The Morgan fingerprint density at radius 2 is 1.81 bits per heavy atom. The molecule has 7 heteroatoms. The highest BCUT2D eigenvalue weighted by molar-refractivity contribution is 6.15. The van der Waals surface area contributed by atoms with Crippen LogP contribution < -0.4 is 5.32 Å². The van der Waals surface area contributed by atoms with Gasteiger partial charge in [0, 0.05) is 24.0 Å². The number of carbonyl (C=O) groups excluding carboxylic acids is 1. The van der Waals surface area contributed by atoms with Crippen molar-refractivity contribution in [2.24, 2.45) is 0 Å². The van der Waals surface area contributed by atoms with Crippen LogP contribution >= 0.6 is 0 Å². The number of aryl methyl sites for hydroxylation is 2. The van der Waals surface area contributed by atoms with Crippen molar-refractivity contribution in [1.29, 1.82) is 0 Å². The summed E-state index contributed by atoms with van der Waals surface area (Å²) in [4.78, 5) is 18.0. The van der Waals surface area contributed by atoms with Crippen molar-refractivity contribution in [2.45, 2.75) is 20.4 Å². The van der Waals surface area contributed by atoms with Crippen molar-refractivity contribution >= 4 is 22.7 Å². The summed E-state index contributed by atoms with van der Waals surface area (Å²) in [5, 5.41) is 12.3. The summed E-state index contributed by atoms with van der Waals surface area (Å²) in [6, 6.07) is 20.9. The molecule has 5 rings (SSSR count). The number of hydrogen-bond acceptors (Lipinski definition) is 5. The molecule has 0 unspecified atom stereocenters. The standard InChI is InChI=1S/C25H21N5O2/c1-3-30-14-13-20(28-30)21-15-19(24(31)26-18-11-9-16(2)10-12-18)22-23(29-32-25(22)27-21)17-7-5-4-6-8-17/h4-15H,3H2,1-2H3,(H,26,31). The van der Waals surface area contributed by atoms with Crippen LogP contribution in [0.3, 0.4) is 0 Å². The Kier molecular flexibility index (Phi) is 4.99. The summed E-state index contributed by atoms with van der Waals surface area (Å²) in [6.07, 6.45) is 1.88. The van der Waals surface area contributed by atoms with Crippen molar-refractivity contribution in [3.8, 4) is 22.6 Å². The lowest BCUT2D eigenvalue weighted by atomic mass is 10.0. The molecule has 158 valence electrons. The molecule has 2 aromatic carbocycles. The first-order valence-electron chi connectivity index (χ1n) is 10.4. The average Bonchev–Trinajstić information content (AvgIpc) is 3.48. The van der Waals surface area contributed by atoms with E-state index in [4.69, 9.17) is 4.52 Å². The first-order valence-corrected chi connectivity index (χ1v) is 10.4. The SMILES string of the molecule is CCn1ccc(-c2cc(C(=O)Nc3ccc(C)cc3)c3c(-c4ccccc4)noc3n2)n1. The lowest BCUT2D eigenvalue weighted by Crippen LogP contribution is -2.13. The second-order valence-electron chi connectivity index (χ2n) is 7.51. The number of aromatic nitrogens is 4. The van der Waals surface area contributed by atoms with E-state index in [1.807, 2.05) is 85.4 Å². The number of benzene rings is 2. The molecular weight excluding hydrogens is 402 g/mol. The third-order valence-corrected chi connectivity index (χ3v) is 5.27. The van der Waals surface area contributed by atoms with Gasteiger partial charge in [0.15, 0.2) is 0 Å². The van der Waals surface area contributed by atoms with Gasteiger partial charge in [-0.1, -0.05) is 53.2 Å². The maximum absolute atomic E-state index is 13.4. The highest BCUT2D eigenvalue weighted by Crippen LogP contribution is 2.32. The predicted molar refractivity (Wildman–Crippen MR) is 123 cm³/mol. The molecule has 3 aromatic heterocycles. The number of nitrogens with one attached hydrogen (secondary N) is 1. The zero-order chi connectivity index (χ0) is 22.1. The smallest absolute Gasteiger partial charge is 0.259 e. The van der Waals surface area contributed by atoms with Crippen LogP contribution in [-0.4, -0.2) is 25.8 Å². The largest absolute Gasteiger partial charge is 0.335 e. The number of carbonyl (C=O) groups is 1. The van der Waals surface area contributed by atoms with Gasteiger partial charge in [0.25, 0.3) is 11.6 Å². The molecule has 0 aliphatic heterocycles. The van der Waals surface area contributed by atoms with Gasteiger partial charge in [-0.15, -0.1) is 0 Å². The Labute approximate surface area is 184 Å². The van der Waals surface area contributed by atoms with Gasteiger partial charge in [0.05, 0.1) is 16.6 Å². The Morgan fingerprint density at radius 1 is 1.03 bits per heavy atom. The number of hydrogen-bond donors (Lipinski definition) is 1. The van der Waals surface area contributed by atoms with Crippen LogP contribution in [0.15, 0.2) is 77.4 Å². The summed E-state index contributed by atoms with van der Waals surface area (Å²) in [6.45, 7) is 4.75.